The first-order chi connectivity index (χ1) is 9.07. The monoisotopic (exact) mass is 313 g/mol. The van der Waals surface area contributed by atoms with Gasteiger partial charge in [-0.05, 0) is 12.1 Å². The van der Waals surface area contributed by atoms with E-state index < -0.39 is 10.0 Å². The van der Waals surface area contributed by atoms with Gasteiger partial charge in [-0.25, -0.2) is 18.4 Å². The summed E-state index contributed by atoms with van der Waals surface area (Å²) in [4.78, 5) is 9.02. The molecule has 0 saturated carbocycles. The Kier molecular flexibility index (Phi) is 3.04. The summed E-state index contributed by atoms with van der Waals surface area (Å²) < 4.78 is 26.4. The smallest absolute Gasteiger partial charge is 0.251 e. The number of rotatable bonds is 2. The first-order valence-electron chi connectivity index (χ1n) is 5.32. The fourth-order valence-electron chi connectivity index (χ4n) is 1.73. The molecular formula is C11H8ClN3O2S2. The van der Waals surface area contributed by atoms with Crippen LogP contribution < -0.4 is 0 Å². The molecule has 1 aromatic heterocycles. The van der Waals surface area contributed by atoms with E-state index in [0.29, 0.717) is 10.2 Å². The zero-order chi connectivity index (χ0) is 13.5. The molecule has 0 aliphatic carbocycles. The second-order valence-corrected chi connectivity index (χ2v) is 7.40. The molecule has 0 radical (unpaired) electrons. The maximum absolute atomic E-state index is 12.4. The molecule has 0 atom stereocenters. The summed E-state index contributed by atoms with van der Waals surface area (Å²) in [5, 5.41) is 0. The number of hydrogen-bond donors (Lipinski definition) is 0. The summed E-state index contributed by atoms with van der Waals surface area (Å²) in [5.74, 6) is 0. The molecule has 8 heteroatoms. The molecule has 0 unspecified atom stereocenters. The second-order valence-electron chi connectivity index (χ2n) is 3.84. The van der Waals surface area contributed by atoms with Crippen molar-refractivity contribution in [2.75, 3.05) is 0 Å². The van der Waals surface area contributed by atoms with Crippen LogP contribution in [0.4, 0.5) is 5.69 Å². The number of sulfonamides is 1. The highest BCUT2D eigenvalue weighted by Crippen LogP contribution is 2.31. The Bertz CT molecular complexity index is 755. The van der Waals surface area contributed by atoms with E-state index in [1.165, 1.54) is 22.0 Å². The number of fused-ring (bicyclic) bond motifs is 1. The van der Waals surface area contributed by atoms with Crippen molar-refractivity contribution in [1.82, 2.24) is 9.29 Å². The van der Waals surface area contributed by atoms with Crippen LogP contribution in [0, 0.1) is 0 Å². The van der Waals surface area contributed by atoms with Crippen molar-refractivity contribution in [3.63, 3.8) is 0 Å². The fraction of sp³-hybridized carbons (Fsp3) is 0.0909. The van der Waals surface area contributed by atoms with Gasteiger partial charge in [-0.3, -0.25) is 4.31 Å². The highest BCUT2D eigenvalue weighted by Gasteiger charge is 2.28. The van der Waals surface area contributed by atoms with Gasteiger partial charge < -0.3 is 0 Å². The fourth-order valence-corrected chi connectivity index (χ4v) is 4.16. The number of thiazole rings is 1. The van der Waals surface area contributed by atoms with Crippen molar-refractivity contribution in [2.45, 2.75) is 11.4 Å². The number of aromatic nitrogens is 1. The quantitative estimate of drug-likeness (QED) is 0.856. The van der Waals surface area contributed by atoms with Gasteiger partial charge in [0, 0.05) is 11.1 Å². The lowest BCUT2D eigenvalue weighted by atomic mass is 10.3. The summed E-state index contributed by atoms with van der Waals surface area (Å²) in [7, 11) is -3.55. The largest absolute Gasteiger partial charge is 0.267 e. The molecule has 19 heavy (non-hydrogen) atoms. The number of para-hydroxylation sites is 1. The SMILES string of the molecule is O=S1(=O)c2ccccc2N=CN1Cc1cnc(Cl)s1. The Balaban J connectivity index is 1.98. The Labute approximate surface area is 119 Å². The van der Waals surface area contributed by atoms with E-state index in [1.54, 1.807) is 30.5 Å². The van der Waals surface area contributed by atoms with E-state index >= 15 is 0 Å². The van der Waals surface area contributed by atoms with Gasteiger partial charge in [0.15, 0.2) is 4.47 Å². The van der Waals surface area contributed by atoms with Gasteiger partial charge in [0.25, 0.3) is 10.0 Å². The van der Waals surface area contributed by atoms with Crippen LogP contribution in [-0.2, 0) is 16.6 Å². The first-order valence-corrected chi connectivity index (χ1v) is 7.96. The van der Waals surface area contributed by atoms with E-state index in [4.69, 9.17) is 11.6 Å². The Morgan fingerprint density at radius 1 is 1.32 bits per heavy atom. The molecule has 0 bridgehead atoms. The molecule has 2 aromatic rings. The zero-order valence-electron chi connectivity index (χ0n) is 9.52. The molecule has 3 rings (SSSR count). The molecule has 2 heterocycles. The van der Waals surface area contributed by atoms with E-state index in [1.807, 2.05) is 0 Å². The molecule has 1 aromatic carbocycles. The van der Waals surface area contributed by atoms with Gasteiger partial charge in [0.1, 0.15) is 11.2 Å². The minimum atomic E-state index is -3.55. The highest BCUT2D eigenvalue weighted by molar-refractivity contribution is 7.89. The van der Waals surface area contributed by atoms with Gasteiger partial charge in [-0.1, -0.05) is 23.7 Å². The molecule has 1 aliphatic heterocycles. The molecule has 5 nitrogen and oxygen atoms in total. The lowest BCUT2D eigenvalue weighted by molar-refractivity contribution is 0.523. The standard InChI is InChI=1S/C11H8ClN3O2S2/c12-11-13-5-8(18-11)6-15-7-14-9-3-1-2-4-10(9)19(15,16)17/h1-5,7H,6H2. The Hall–Kier alpha value is -1.44. The third kappa shape index (κ3) is 2.24. The third-order valence-electron chi connectivity index (χ3n) is 2.61. The number of aliphatic imine (C=N–C) groups is 1. The summed E-state index contributed by atoms with van der Waals surface area (Å²) in [6.07, 6.45) is 2.89. The average molecular weight is 314 g/mol. The Morgan fingerprint density at radius 3 is 2.84 bits per heavy atom. The van der Waals surface area contributed by atoms with Gasteiger partial charge in [0.05, 0.1) is 12.2 Å². The van der Waals surface area contributed by atoms with Gasteiger partial charge in [-0.2, -0.15) is 0 Å². The van der Waals surface area contributed by atoms with Crippen molar-refractivity contribution in [3.05, 3.63) is 39.8 Å². The van der Waals surface area contributed by atoms with Crippen LogP contribution in [-0.4, -0.2) is 24.0 Å². The minimum absolute atomic E-state index is 0.185. The summed E-state index contributed by atoms with van der Waals surface area (Å²) in [5.41, 5.74) is 0.459. The van der Waals surface area contributed by atoms with Crippen LogP contribution in [0.1, 0.15) is 4.88 Å². The summed E-state index contributed by atoms with van der Waals surface area (Å²) >= 11 is 6.99. The number of halogens is 1. The molecule has 1 aliphatic rings. The Morgan fingerprint density at radius 2 is 2.11 bits per heavy atom. The molecule has 98 valence electrons. The summed E-state index contributed by atoms with van der Waals surface area (Å²) in [6.45, 7) is 0.185. The average Bonchev–Trinajstić information content (AvgIpc) is 2.79. The predicted molar refractivity (Wildman–Crippen MR) is 74.4 cm³/mol. The van der Waals surface area contributed by atoms with E-state index in [0.717, 1.165) is 4.88 Å². The lowest BCUT2D eigenvalue weighted by Gasteiger charge is -2.23. The second kappa shape index (κ2) is 4.59. The molecule has 0 amide bonds. The van der Waals surface area contributed by atoms with Crippen molar-refractivity contribution < 1.29 is 8.42 Å². The first kappa shape index (κ1) is 12.6. The maximum atomic E-state index is 12.4. The zero-order valence-corrected chi connectivity index (χ0v) is 11.9. The van der Waals surface area contributed by atoms with Crippen molar-refractivity contribution in [3.8, 4) is 0 Å². The molecule has 0 fully saturated rings. The maximum Gasteiger partial charge on any atom is 0.267 e. The number of benzene rings is 1. The molecular weight excluding hydrogens is 306 g/mol. The van der Waals surface area contributed by atoms with E-state index in [-0.39, 0.29) is 11.4 Å². The van der Waals surface area contributed by atoms with Gasteiger partial charge in [-0.15, -0.1) is 11.3 Å². The van der Waals surface area contributed by atoms with Crippen molar-refractivity contribution in [2.24, 2.45) is 4.99 Å². The topological polar surface area (TPSA) is 62.6 Å². The van der Waals surface area contributed by atoms with E-state index in [2.05, 4.69) is 9.98 Å². The molecule has 0 N–H and O–H groups in total. The van der Waals surface area contributed by atoms with Crippen LogP contribution >= 0.6 is 22.9 Å². The highest BCUT2D eigenvalue weighted by atomic mass is 35.5. The predicted octanol–water partition coefficient (Wildman–Crippen LogP) is 2.66. The van der Waals surface area contributed by atoms with Crippen LogP contribution in [0.25, 0.3) is 0 Å². The van der Waals surface area contributed by atoms with E-state index in [9.17, 15) is 8.42 Å². The van der Waals surface area contributed by atoms with Crippen LogP contribution in [0.3, 0.4) is 0 Å². The minimum Gasteiger partial charge on any atom is -0.251 e. The third-order valence-corrected chi connectivity index (χ3v) is 5.46. The van der Waals surface area contributed by atoms with Crippen molar-refractivity contribution >= 4 is 45.0 Å². The van der Waals surface area contributed by atoms with Gasteiger partial charge in [0.2, 0.25) is 0 Å². The number of hydrogen-bond acceptors (Lipinski definition) is 5. The van der Waals surface area contributed by atoms with Crippen LogP contribution in [0.5, 0.6) is 0 Å². The summed E-state index contributed by atoms with van der Waals surface area (Å²) in [6, 6.07) is 6.65. The van der Waals surface area contributed by atoms with Crippen molar-refractivity contribution in [1.29, 1.82) is 0 Å². The normalized spacial score (nSPS) is 16.4. The van der Waals surface area contributed by atoms with Gasteiger partial charge >= 0.3 is 0 Å². The molecule has 0 saturated heterocycles. The number of nitrogens with zero attached hydrogens (tertiary/aromatic N) is 3. The van der Waals surface area contributed by atoms with Crippen LogP contribution in [0.2, 0.25) is 4.47 Å². The van der Waals surface area contributed by atoms with Crippen LogP contribution in [0.15, 0.2) is 40.4 Å². The molecule has 0 spiro atoms. The lowest BCUT2D eigenvalue weighted by Crippen LogP contribution is -2.31.